The summed E-state index contributed by atoms with van der Waals surface area (Å²) in [6, 6.07) is 8.59. The Balaban J connectivity index is 1.86. The number of hydrogen-bond donors (Lipinski definition) is 1. The van der Waals surface area contributed by atoms with E-state index in [-0.39, 0.29) is 17.2 Å². The topological polar surface area (TPSA) is 61.3 Å². The van der Waals surface area contributed by atoms with Crippen LogP contribution in [0, 0.1) is 4.77 Å². The van der Waals surface area contributed by atoms with Gasteiger partial charge in [0, 0.05) is 19.0 Å². The van der Waals surface area contributed by atoms with Gasteiger partial charge >= 0.3 is 0 Å². The van der Waals surface area contributed by atoms with Crippen LogP contribution in [0.2, 0.25) is 0 Å². The van der Waals surface area contributed by atoms with E-state index in [2.05, 4.69) is 52.0 Å². The van der Waals surface area contributed by atoms with Gasteiger partial charge in [0.15, 0.2) is 22.3 Å². The molecule has 0 aliphatic carbocycles. The van der Waals surface area contributed by atoms with Gasteiger partial charge < -0.3 is 9.47 Å². The summed E-state index contributed by atoms with van der Waals surface area (Å²) >= 11 is 5.62. The van der Waals surface area contributed by atoms with Crippen molar-refractivity contribution in [2.75, 3.05) is 18.1 Å². The van der Waals surface area contributed by atoms with Crippen molar-refractivity contribution in [1.29, 1.82) is 0 Å². The first kappa shape index (κ1) is 21.2. The van der Waals surface area contributed by atoms with Crippen LogP contribution in [0.25, 0.3) is 11.4 Å². The molecule has 0 amide bonds. The van der Waals surface area contributed by atoms with Gasteiger partial charge in [0.1, 0.15) is 11.8 Å². The lowest BCUT2D eigenvalue weighted by atomic mass is 9.87. The Labute approximate surface area is 173 Å². The number of quaternary nitrogens is 1. The lowest BCUT2D eigenvalue weighted by Gasteiger charge is -2.23. The van der Waals surface area contributed by atoms with Crippen LogP contribution in [0.3, 0.4) is 0 Å². The molecule has 0 spiro atoms. The third kappa shape index (κ3) is 4.39. The zero-order valence-electron chi connectivity index (χ0n) is 17.4. The van der Waals surface area contributed by atoms with E-state index in [9.17, 15) is 8.42 Å². The predicted octanol–water partition coefficient (Wildman–Crippen LogP) is 1.96. The zero-order valence-corrected chi connectivity index (χ0v) is 19.0. The fourth-order valence-corrected chi connectivity index (χ4v) is 5.82. The average molecular weight is 424 g/mol. The standard InChI is InChI=1S/C20H30N4O2S2/c1-6-23(17-11-12-28(25,26)13-17)14-24-19(27)22(5)18(21-24)15-7-9-16(10-8-15)20(2,3)4/h7-10,17H,6,11-14H2,1-5H3/p+1/t17-/m0/s1. The zero-order chi connectivity index (χ0) is 20.7. The first-order chi connectivity index (χ1) is 13.0. The van der Waals surface area contributed by atoms with Crippen LogP contribution in [0.1, 0.15) is 39.7 Å². The van der Waals surface area contributed by atoms with Gasteiger partial charge in [0.2, 0.25) is 4.77 Å². The van der Waals surface area contributed by atoms with E-state index in [0.717, 1.165) is 17.9 Å². The third-order valence-corrected chi connectivity index (χ3v) is 7.92. The van der Waals surface area contributed by atoms with Crippen LogP contribution in [0.5, 0.6) is 0 Å². The maximum absolute atomic E-state index is 11.9. The van der Waals surface area contributed by atoms with Crippen LogP contribution < -0.4 is 4.90 Å². The van der Waals surface area contributed by atoms with Gasteiger partial charge in [-0.25, -0.2) is 8.42 Å². The molecule has 2 heterocycles. The molecule has 1 aliphatic heterocycles. The van der Waals surface area contributed by atoms with Gasteiger partial charge in [-0.2, -0.15) is 4.68 Å². The Morgan fingerprint density at radius 3 is 2.39 bits per heavy atom. The smallest absolute Gasteiger partial charge is 0.202 e. The summed E-state index contributed by atoms with van der Waals surface area (Å²) in [6.07, 6.45) is 0.715. The second kappa shape index (κ2) is 7.72. The van der Waals surface area contributed by atoms with Crippen molar-refractivity contribution in [3.05, 3.63) is 34.6 Å². The molecule has 2 atom stereocenters. The number of nitrogens with one attached hydrogen (secondary N) is 1. The lowest BCUT2D eigenvalue weighted by molar-refractivity contribution is -0.943. The van der Waals surface area contributed by atoms with Crippen LogP contribution in [-0.2, 0) is 29.0 Å². The van der Waals surface area contributed by atoms with E-state index in [1.54, 1.807) is 0 Å². The van der Waals surface area contributed by atoms with Crippen molar-refractivity contribution in [3.63, 3.8) is 0 Å². The summed E-state index contributed by atoms with van der Waals surface area (Å²) in [6.45, 7) is 10.1. The van der Waals surface area contributed by atoms with Crippen molar-refractivity contribution < 1.29 is 13.3 Å². The number of nitrogens with zero attached hydrogens (tertiary/aromatic N) is 3. The summed E-state index contributed by atoms with van der Waals surface area (Å²) < 4.78 is 28.1. The number of hydrogen-bond acceptors (Lipinski definition) is 4. The van der Waals surface area contributed by atoms with Crippen LogP contribution in [0.15, 0.2) is 24.3 Å². The molecule has 1 aromatic carbocycles. The number of sulfone groups is 1. The first-order valence-corrected chi connectivity index (χ1v) is 12.0. The minimum Gasteiger partial charge on any atom is -0.313 e. The second-order valence-corrected chi connectivity index (χ2v) is 11.4. The minimum absolute atomic E-state index is 0.107. The van der Waals surface area contributed by atoms with Crippen LogP contribution in [0.4, 0.5) is 0 Å². The highest BCUT2D eigenvalue weighted by Crippen LogP contribution is 2.25. The van der Waals surface area contributed by atoms with E-state index in [1.165, 1.54) is 10.5 Å². The van der Waals surface area contributed by atoms with Crippen molar-refractivity contribution >= 4 is 22.1 Å². The van der Waals surface area contributed by atoms with E-state index in [0.29, 0.717) is 23.6 Å². The summed E-state index contributed by atoms with van der Waals surface area (Å²) in [5, 5.41) is 4.77. The fraction of sp³-hybridized carbons (Fsp3) is 0.600. The van der Waals surface area contributed by atoms with Gasteiger partial charge in [0.25, 0.3) is 0 Å². The summed E-state index contributed by atoms with van der Waals surface area (Å²) in [4.78, 5) is 1.21. The number of rotatable bonds is 5. The molecule has 1 aromatic heterocycles. The molecule has 3 rings (SSSR count). The second-order valence-electron chi connectivity index (χ2n) is 8.76. The Morgan fingerprint density at radius 2 is 1.89 bits per heavy atom. The van der Waals surface area contributed by atoms with Crippen molar-refractivity contribution in [2.45, 2.75) is 52.2 Å². The molecule has 2 aromatic rings. The van der Waals surface area contributed by atoms with E-state index in [4.69, 9.17) is 17.3 Å². The first-order valence-electron chi connectivity index (χ1n) is 9.81. The Bertz CT molecular complexity index is 998. The fourth-order valence-electron chi connectivity index (χ4n) is 3.80. The molecule has 1 unspecified atom stereocenters. The van der Waals surface area contributed by atoms with Crippen molar-refractivity contribution in [1.82, 2.24) is 14.3 Å². The molecular weight excluding hydrogens is 392 g/mol. The molecule has 6 nitrogen and oxygen atoms in total. The highest BCUT2D eigenvalue weighted by molar-refractivity contribution is 7.91. The molecule has 1 fully saturated rings. The number of benzene rings is 1. The highest BCUT2D eigenvalue weighted by Gasteiger charge is 2.35. The monoisotopic (exact) mass is 423 g/mol. The van der Waals surface area contributed by atoms with Crippen LogP contribution in [-0.4, -0.2) is 46.9 Å². The predicted molar refractivity (Wildman–Crippen MR) is 115 cm³/mol. The molecule has 28 heavy (non-hydrogen) atoms. The number of aromatic nitrogens is 3. The SMILES string of the molecule is CC[NH+](Cn1nc(-c2ccc(C(C)(C)C)cc2)n(C)c1=S)[C@H]1CCS(=O)(=O)C1. The Morgan fingerprint density at radius 1 is 1.25 bits per heavy atom. The quantitative estimate of drug-likeness (QED) is 0.747. The van der Waals surface area contributed by atoms with E-state index < -0.39 is 9.84 Å². The summed E-state index contributed by atoms with van der Waals surface area (Å²) in [7, 11) is -0.962. The van der Waals surface area contributed by atoms with Gasteiger partial charge in [-0.3, -0.25) is 0 Å². The molecule has 0 saturated carbocycles. The Kier molecular flexibility index (Phi) is 5.85. The third-order valence-electron chi connectivity index (χ3n) is 5.67. The van der Waals surface area contributed by atoms with E-state index in [1.807, 2.05) is 16.3 Å². The van der Waals surface area contributed by atoms with Crippen molar-refractivity contribution in [2.24, 2.45) is 7.05 Å². The van der Waals surface area contributed by atoms with Gasteiger partial charge in [-0.15, -0.1) is 5.10 Å². The van der Waals surface area contributed by atoms with Gasteiger partial charge in [-0.1, -0.05) is 45.0 Å². The van der Waals surface area contributed by atoms with Gasteiger partial charge in [-0.05, 0) is 30.1 Å². The molecule has 0 bridgehead atoms. The Hall–Kier alpha value is -1.51. The van der Waals surface area contributed by atoms with Crippen LogP contribution >= 0.6 is 12.2 Å². The largest absolute Gasteiger partial charge is 0.313 e. The normalized spacial score (nSPS) is 20.4. The highest BCUT2D eigenvalue weighted by atomic mass is 32.2. The molecule has 1 saturated heterocycles. The minimum atomic E-state index is -2.90. The molecule has 1 aliphatic rings. The molecule has 1 N–H and O–H groups in total. The maximum atomic E-state index is 11.9. The molecule has 154 valence electrons. The molecule has 0 radical (unpaired) electrons. The summed E-state index contributed by atoms with van der Waals surface area (Å²) in [5.41, 5.74) is 2.42. The van der Waals surface area contributed by atoms with Gasteiger partial charge in [0.05, 0.1) is 12.3 Å². The maximum Gasteiger partial charge on any atom is 0.202 e. The molecule has 8 heteroatoms. The lowest BCUT2D eigenvalue weighted by Crippen LogP contribution is -3.15. The van der Waals surface area contributed by atoms with Crippen molar-refractivity contribution in [3.8, 4) is 11.4 Å². The summed E-state index contributed by atoms with van der Waals surface area (Å²) in [5.74, 6) is 1.39. The van der Waals surface area contributed by atoms with E-state index >= 15 is 0 Å². The average Bonchev–Trinajstić information content (AvgIpc) is 3.12. The molecular formula is C20H31N4O2S2+.